The molecule has 2 heterocycles. The van der Waals surface area contributed by atoms with Gasteiger partial charge in [-0.3, -0.25) is 9.89 Å². The monoisotopic (exact) mass is 305 g/mol. The average molecular weight is 305 g/mol. The summed E-state index contributed by atoms with van der Waals surface area (Å²) in [7, 11) is 0. The van der Waals surface area contributed by atoms with Crippen LogP contribution < -0.4 is 5.32 Å². The van der Waals surface area contributed by atoms with Crippen LogP contribution >= 0.6 is 0 Å². The van der Waals surface area contributed by atoms with E-state index in [-0.39, 0.29) is 0 Å². The second-order valence-corrected chi connectivity index (χ2v) is 6.59. The highest BCUT2D eigenvalue weighted by Crippen LogP contribution is 2.22. The van der Waals surface area contributed by atoms with E-state index < -0.39 is 0 Å². The van der Waals surface area contributed by atoms with Gasteiger partial charge >= 0.3 is 0 Å². The van der Waals surface area contributed by atoms with Crippen molar-refractivity contribution in [2.75, 3.05) is 18.4 Å². The Morgan fingerprint density at radius 3 is 2.96 bits per heavy atom. The summed E-state index contributed by atoms with van der Waals surface area (Å²) in [6, 6.07) is 17.9. The Bertz CT molecular complexity index is 693. The topological polar surface area (TPSA) is 27.6 Å². The molecule has 2 aliphatic heterocycles. The molecule has 0 amide bonds. The molecule has 0 saturated carbocycles. The molecule has 0 aromatic heterocycles. The molecule has 2 aliphatic rings. The first-order chi connectivity index (χ1) is 11.4. The minimum atomic E-state index is 0.531. The molecule has 118 valence electrons. The number of rotatable bonds is 4. The molecule has 0 bridgehead atoms. The van der Waals surface area contributed by atoms with Crippen LogP contribution in [0.4, 0.5) is 5.69 Å². The summed E-state index contributed by atoms with van der Waals surface area (Å²) in [5, 5.41) is 3.72. The van der Waals surface area contributed by atoms with Gasteiger partial charge in [0.15, 0.2) is 0 Å². The zero-order chi connectivity index (χ0) is 15.5. The summed E-state index contributed by atoms with van der Waals surface area (Å²) in [6.45, 7) is 4.20. The second kappa shape index (κ2) is 6.55. The van der Waals surface area contributed by atoms with Crippen molar-refractivity contribution in [2.45, 2.75) is 32.0 Å². The van der Waals surface area contributed by atoms with Gasteiger partial charge < -0.3 is 5.32 Å². The lowest BCUT2D eigenvalue weighted by Crippen LogP contribution is -2.41. The van der Waals surface area contributed by atoms with Gasteiger partial charge in [0.25, 0.3) is 0 Å². The molecule has 3 nitrogen and oxygen atoms in total. The van der Waals surface area contributed by atoms with Crippen LogP contribution in [0.25, 0.3) is 0 Å². The van der Waals surface area contributed by atoms with Crippen molar-refractivity contribution in [3.63, 3.8) is 0 Å². The normalized spacial score (nSPS) is 20.4. The number of nitrogens with one attached hydrogen (secondary N) is 1. The van der Waals surface area contributed by atoms with Crippen LogP contribution in [0.5, 0.6) is 0 Å². The smallest absolute Gasteiger partial charge is 0.0646 e. The van der Waals surface area contributed by atoms with Crippen molar-refractivity contribution in [1.29, 1.82) is 0 Å². The lowest BCUT2D eigenvalue weighted by atomic mass is 10.0. The summed E-state index contributed by atoms with van der Waals surface area (Å²) in [4.78, 5) is 6.90. The number of fused-ring (bicyclic) bond motifs is 1. The van der Waals surface area contributed by atoms with Gasteiger partial charge in [-0.2, -0.15) is 0 Å². The molecule has 3 heteroatoms. The molecule has 2 aromatic carbocycles. The largest absolute Gasteiger partial charge is 0.381 e. The molecule has 1 atom stereocenters. The van der Waals surface area contributed by atoms with Crippen molar-refractivity contribution < 1.29 is 0 Å². The van der Waals surface area contributed by atoms with Crippen LogP contribution in [0.1, 0.15) is 29.5 Å². The zero-order valence-electron chi connectivity index (χ0n) is 13.4. The maximum absolute atomic E-state index is 4.34. The molecule has 23 heavy (non-hydrogen) atoms. The Labute approximate surface area is 138 Å². The van der Waals surface area contributed by atoms with E-state index in [9.17, 15) is 0 Å². The minimum absolute atomic E-state index is 0.531. The van der Waals surface area contributed by atoms with Crippen molar-refractivity contribution >= 4 is 11.9 Å². The summed E-state index contributed by atoms with van der Waals surface area (Å²) in [6.07, 6.45) is 4.50. The maximum atomic E-state index is 4.34. The van der Waals surface area contributed by atoms with E-state index in [2.05, 4.69) is 63.7 Å². The van der Waals surface area contributed by atoms with Gasteiger partial charge in [-0.15, -0.1) is 0 Å². The van der Waals surface area contributed by atoms with Crippen LogP contribution in [0.15, 0.2) is 53.5 Å². The van der Waals surface area contributed by atoms with Gasteiger partial charge in [0.05, 0.1) is 6.54 Å². The molecule has 1 unspecified atom stereocenters. The third kappa shape index (κ3) is 3.45. The van der Waals surface area contributed by atoms with E-state index in [0.29, 0.717) is 6.04 Å². The van der Waals surface area contributed by atoms with Crippen LogP contribution in [-0.4, -0.2) is 30.2 Å². The summed E-state index contributed by atoms with van der Waals surface area (Å²) in [5.74, 6) is 0. The van der Waals surface area contributed by atoms with E-state index >= 15 is 0 Å². The number of nitrogens with zero attached hydrogens (tertiary/aromatic N) is 2. The Balaban J connectivity index is 1.38. The van der Waals surface area contributed by atoms with Gasteiger partial charge in [0.1, 0.15) is 0 Å². The number of benzene rings is 2. The first-order valence-corrected chi connectivity index (χ1v) is 8.52. The van der Waals surface area contributed by atoms with Crippen molar-refractivity contribution in [2.24, 2.45) is 4.99 Å². The van der Waals surface area contributed by atoms with Crippen molar-refractivity contribution in [1.82, 2.24) is 4.90 Å². The van der Waals surface area contributed by atoms with E-state index in [4.69, 9.17) is 0 Å². The number of hydrogen-bond donors (Lipinski definition) is 1. The number of likely N-dealkylation sites (tertiary alicyclic amines) is 1. The van der Waals surface area contributed by atoms with Crippen LogP contribution in [-0.2, 0) is 13.1 Å². The molecule has 0 spiro atoms. The molecule has 2 aromatic rings. The van der Waals surface area contributed by atoms with Gasteiger partial charge in [-0.1, -0.05) is 36.4 Å². The van der Waals surface area contributed by atoms with E-state index in [1.807, 2.05) is 6.21 Å². The molecule has 1 fully saturated rings. The molecular weight excluding hydrogens is 282 g/mol. The van der Waals surface area contributed by atoms with E-state index in [1.165, 1.54) is 41.8 Å². The fourth-order valence-electron chi connectivity index (χ4n) is 3.59. The van der Waals surface area contributed by atoms with Crippen LogP contribution in [0.2, 0.25) is 0 Å². The lowest BCUT2D eigenvalue weighted by molar-refractivity contribution is 0.208. The van der Waals surface area contributed by atoms with Gasteiger partial charge in [-0.05, 0) is 48.2 Å². The van der Waals surface area contributed by atoms with Crippen molar-refractivity contribution in [3.05, 3.63) is 65.2 Å². The maximum Gasteiger partial charge on any atom is 0.0646 e. The van der Waals surface area contributed by atoms with Gasteiger partial charge in [0, 0.05) is 31.0 Å². The molecular formula is C20H23N3. The first kappa shape index (κ1) is 14.5. The predicted octanol–water partition coefficient (Wildman–Crippen LogP) is 3.70. The average Bonchev–Trinajstić information content (AvgIpc) is 3.04. The molecule has 0 aliphatic carbocycles. The number of hydrogen-bond acceptors (Lipinski definition) is 3. The van der Waals surface area contributed by atoms with Crippen molar-refractivity contribution in [3.8, 4) is 0 Å². The minimum Gasteiger partial charge on any atom is -0.381 e. The first-order valence-electron chi connectivity index (χ1n) is 8.52. The quantitative estimate of drug-likeness (QED) is 0.933. The summed E-state index contributed by atoms with van der Waals surface area (Å²) >= 11 is 0. The Hall–Kier alpha value is -2.13. The predicted molar refractivity (Wildman–Crippen MR) is 96.1 cm³/mol. The molecule has 4 rings (SSSR count). The van der Waals surface area contributed by atoms with Crippen LogP contribution in [0, 0.1) is 0 Å². The van der Waals surface area contributed by atoms with E-state index in [0.717, 1.165) is 19.6 Å². The lowest BCUT2D eigenvalue weighted by Gasteiger charge is -2.33. The standard InChI is InChI=1S/C20H23N3/c1-2-5-16(6-3-1)14-23-10-4-7-20(15-23)22-19-9-8-17-12-21-13-18(17)11-19/h1-3,5-6,8-9,11,13,20,22H,4,7,10,12,14-15H2. The van der Waals surface area contributed by atoms with Gasteiger partial charge in [-0.25, -0.2) is 0 Å². The number of piperidine rings is 1. The molecule has 1 N–H and O–H groups in total. The Morgan fingerprint density at radius 2 is 2.04 bits per heavy atom. The number of aliphatic imine (C=N–C) groups is 1. The van der Waals surface area contributed by atoms with Crippen LogP contribution in [0.3, 0.4) is 0 Å². The highest BCUT2D eigenvalue weighted by Gasteiger charge is 2.20. The summed E-state index contributed by atoms with van der Waals surface area (Å²) < 4.78 is 0. The highest BCUT2D eigenvalue weighted by molar-refractivity contribution is 5.86. The third-order valence-corrected chi connectivity index (χ3v) is 4.76. The molecule has 1 saturated heterocycles. The highest BCUT2D eigenvalue weighted by atomic mass is 15.2. The fraction of sp³-hybridized carbons (Fsp3) is 0.350. The fourth-order valence-corrected chi connectivity index (χ4v) is 3.59. The zero-order valence-corrected chi connectivity index (χ0v) is 13.4. The second-order valence-electron chi connectivity index (χ2n) is 6.59. The third-order valence-electron chi connectivity index (χ3n) is 4.76. The molecule has 0 radical (unpaired) electrons. The number of anilines is 1. The van der Waals surface area contributed by atoms with Gasteiger partial charge in [0.2, 0.25) is 0 Å². The SMILES string of the molecule is C1=NCc2ccc(NC3CCCN(Cc4ccccc4)C3)cc21. The summed E-state index contributed by atoms with van der Waals surface area (Å²) in [5.41, 5.74) is 5.24. The Kier molecular flexibility index (Phi) is 4.12. The Morgan fingerprint density at radius 1 is 1.13 bits per heavy atom. The van der Waals surface area contributed by atoms with E-state index in [1.54, 1.807) is 0 Å².